The van der Waals surface area contributed by atoms with E-state index in [-0.39, 0.29) is 32.5 Å². The number of sulfonamides is 1. The van der Waals surface area contributed by atoms with E-state index in [0.717, 1.165) is 11.0 Å². The SMILES string of the molecule is CC(C)(C)OC(=O)N[C@H]1COC(=O)/C=C/C=C\C2C[C@@]2(C(=O)NS(=O)(=O)C2CC2)NC(=O)[C@@H]2C[C@@H](OC(=O)N3Cc4cccc(F)c4C3)CN2C1=O. The van der Waals surface area contributed by atoms with Crippen LogP contribution in [0.5, 0.6) is 0 Å². The molecule has 280 valence electrons. The highest BCUT2D eigenvalue weighted by Gasteiger charge is 2.62. The lowest BCUT2D eigenvalue weighted by atomic mass is 10.1. The molecule has 1 aromatic rings. The highest BCUT2D eigenvalue weighted by Crippen LogP contribution is 2.46. The molecule has 3 N–H and O–H groups in total. The number of halogens is 1. The number of rotatable bonds is 5. The van der Waals surface area contributed by atoms with E-state index in [1.807, 2.05) is 0 Å². The summed E-state index contributed by atoms with van der Waals surface area (Å²) in [6.45, 7) is 3.81. The van der Waals surface area contributed by atoms with E-state index in [1.165, 1.54) is 35.3 Å². The van der Waals surface area contributed by atoms with E-state index in [9.17, 15) is 41.6 Å². The molecule has 52 heavy (non-hydrogen) atoms. The van der Waals surface area contributed by atoms with Crippen LogP contribution >= 0.6 is 0 Å². The number of amides is 5. The molecular formula is C34H40FN5O11S. The topological polar surface area (TPSA) is 207 Å². The van der Waals surface area contributed by atoms with Crippen molar-refractivity contribution in [1.82, 2.24) is 25.2 Å². The second-order valence-corrected chi connectivity index (χ2v) is 16.5. The fraction of sp³-hybridized carbons (Fsp3) is 0.529. The van der Waals surface area contributed by atoms with Crippen molar-refractivity contribution in [2.24, 2.45) is 5.92 Å². The summed E-state index contributed by atoms with van der Waals surface area (Å²) in [5, 5.41) is 4.33. The van der Waals surface area contributed by atoms with Gasteiger partial charge in [0, 0.05) is 30.5 Å². The van der Waals surface area contributed by atoms with Crippen LogP contribution in [-0.4, -0.2) is 102 Å². The number of benzene rings is 1. The number of nitrogens with zero attached hydrogens (tertiary/aromatic N) is 2. The monoisotopic (exact) mass is 745 g/mol. The van der Waals surface area contributed by atoms with Gasteiger partial charge >= 0.3 is 18.2 Å². The maximum atomic E-state index is 14.4. The fourth-order valence-electron chi connectivity index (χ4n) is 6.44. The molecule has 2 saturated carbocycles. The Bertz CT molecular complexity index is 1860. The molecule has 0 spiro atoms. The van der Waals surface area contributed by atoms with Gasteiger partial charge in [0.15, 0.2) is 0 Å². The highest BCUT2D eigenvalue weighted by atomic mass is 32.2. The van der Waals surface area contributed by atoms with Crippen LogP contribution in [0.2, 0.25) is 0 Å². The Labute approximate surface area is 299 Å². The zero-order valence-electron chi connectivity index (χ0n) is 28.8. The summed E-state index contributed by atoms with van der Waals surface area (Å²) in [5.74, 6) is -4.74. The van der Waals surface area contributed by atoms with Gasteiger partial charge in [-0.1, -0.05) is 30.4 Å². The summed E-state index contributed by atoms with van der Waals surface area (Å²) >= 11 is 0. The van der Waals surface area contributed by atoms with Crippen molar-refractivity contribution in [2.75, 3.05) is 13.2 Å². The predicted octanol–water partition coefficient (Wildman–Crippen LogP) is 1.29. The lowest BCUT2D eigenvalue weighted by Gasteiger charge is -2.30. The maximum absolute atomic E-state index is 14.4. The van der Waals surface area contributed by atoms with Gasteiger partial charge < -0.3 is 29.7 Å². The molecule has 0 radical (unpaired) electrons. The van der Waals surface area contributed by atoms with Crippen molar-refractivity contribution < 1.29 is 55.8 Å². The first-order chi connectivity index (χ1) is 24.5. The number of allylic oxidation sites excluding steroid dienone is 2. The number of carbonyl (C=O) groups excluding carboxylic acids is 6. The highest BCUT2D eigenvalue weighted by molar-refractivity contribution is 7.91. The van der Waals surface area contributed by atoms with Gasteiger partial charge in [-0.05, 0) is 51.7 Å². The summed E-state index contributed by atoms with van der Waals surface area (Å²) < 4.78 is 58.2. The molecule has 6 rings (SSSR count). The molecule has 2 aliphatic carbocycles. The van der Waals surface area contributed by atoms with E-state index < -0.39 is 98.8 Å². The van der Waals surface area contributed by atoms with E-state index in [1.54, 1.807) is 26.8 Å². The third-order valence-electron chi connectivity index (χ3n) is 9.33. The van der Waals surface area contributed by atoms with Crippen LogP contribution in [0.15, 0.2) is 42.5 Å². The van der Waals surface area contributed by atoms with Gasteiger partial charge in [0.25, 0.3) is 5.91 Å². The van der Waals surface area contributed by atoms with Gasteiger partial charge in [-0.15, -0.1) is 0 Å². The summed E-state index contributed by atoms with van der Waals surface area (Å²) in [6.07, 6.45) is 2.93. The molecule has 0 aromatic heterocycles. The number of hydrogen-bond donors (Lipinski definition) is 3. The molecule has 16 nitrogen and oxygen atoms in total. The van der Waals surface area contributed by atoms with Gasteiger partial charge in [-0.2, -0.15) is 0 Å². The quantitative estimate of drug-likeness (QED) is 0.289. The van der Waals surface area contributed by atoms with E-state index in [4.69, 9.17) is 14.2 Å². The Balaban J connectivity index is 1.27. The fourth-order valence-corrected chi connectivity index (χ4v) is 7.80. The molecule has 3 heterocycles. The first kappa shape index (κ1) is 36.8. The van der Waals surface area contributed by atoms with Gasteiger partial charge in [0.1, 0.15) is 41.8 Å². The normalized spacial score (nSPS) is 28.8. The first-order valence-corrected chi connectivity index (χ1v) is 18.4. The number of hydrogen-bond acceptors (Lipinski definition) is 11. The predicted molar refractivity (Wildman–Crippen MR) is 177 cm³/mol. The molecule has 1 saturated heterocycles. The van der Waals surface area contributed by atoms with E-state index in [2.05, 4.69) is 15.4 Å². The molecule has 3 aliphatic heterocycles. The lowest BCUT2D eigenvalue weighted by Crippen LogP contribution is -2.59. The second kappa shape index (κ2) is 13.9. The maximum Gasteiger partial charge on any atom is 0.410 e. The minimum Gasteiger partial charge on any atom is -0.460 e. The number of esters is 1. The lowest BCUT2D eigenvalue weighted by molar-refractivity contribution is -0.145. The van der Waals surface area contributed by atoms with Crippen LogP contribution in [0.4, 0.5) is 14.0 Å². The number of fused-ring (bicyclic) bond motifs is 3. The van der Waals surface area contributed by atoms with Crippen molar-refractivity contribution in [3.8, 4) is 0 Å². The number of alkyl carbamates (subject to hydrolysis) is 1. The Kier molecular flexibility index (Phi) is 9.80. The summed E-state index contributed by atoms with van der Waals surface area (Å²) in [7, 11) is -4.00. The Morgan fingerprint density at radius 2 is 1.85 bits per heavy atom. The van der Waals surface area contributed by atoms with E-state index >= 15 is 0 Å². The molecule has 3 fully saturated rings. The number of nitrogens with one attached hydrogen (secondary N) is 3. The third-order valence-corrected chi connectivity index (χ3v) is 11.2. The third kappa shape index (κ3) is 8.05. The van der Waals surface area contributed by atoms with E-state index in [0.29, 0.717) is 24.0 Å². The summed E-state index contributed by atoms with van der Waals surface area (Å²) in [4.78, 5) is 82.8. The van der Waals surface area contributed by atoms with Crippen molar-refractivity contribution in [2.45, 2.75) is 94.1 Å². The largest absolute Gasteiger partial charge is 0.460 e. The average Bonchev–Trinajstić information content (AvgIpc) is 3.94. The van der Waals surface area contributed by atoms with Crippen LogP contribution in [-0.2, 0) is 56.5 Å². The van der Waals surface area contributed by atoms with Crippen molar-refractivity contribution >= 4 is 45.9 Å². The molecule has 5 atom stereocenters. The van der Waals surface area contributed by atoms with Gasteiger partial charge in [0.05, 0.1) is 18.3 Å². The van der Waals surface area contributed by atoms with Crippen LogP contribution in [0.1, 0.15) is 57.6 Å². The second-order valence-electron chi connectivity index (χ2n) is 14.5. The summed E-state index contributed by atoms with van der Waals surface area (Å²) in [5.41, 5.74) is -1.73. The van der Waals surface area contributed by atoms with Crippen molar-refractivity contribution in [1.29, 1.82) is 0 Å². The molecule has 1 unspecified atom stereocenters. The van der Waals surface area contributed by atoms with Gasteiger partial charge in [-0.25, -0.2) is 27.2 Å². The molecule has 0 bridgehead atoms. The van der Waals surface area contributed by atoms with Crippen molar-refractivity contribution in [3.63, 3.8) is 0 Å². The van der Waals surface area contributed by atoms with Crippen LogP contribution in [0.25, 0.3) is 0 Å². The molecule has 18 heteroatoms. The molecule has 5 aliphatic rings. The summed E-state index contributed by atoms with van der Waals surface area (Å²) in [6, 6.07) is 1.53. The molecular weight excluding hydrogens is 705 g/mol. The zero-order valence-corrected chi connectivity index (χ0v) is 29.6. The van der Waals surface area contributed by atoms with Gasteiger partial charge in [-0.3, -0.25) is 24.0 Å². The van der Waals surface area contributed by atoms with Crippen LogP contribution in [0, 0.1) is 11.7 Å². The van der Waals surface area contributed by atoms with Crippen LogP contribution < -0.4 is 15.4 Å². The minimum absolute atomic E-state index is 0.00747. The molecule has 1 aromatic carbocycles. The van der Waals surface area contributed by atoms with Crippen LogP contribution in [0.3, 0.4) is 0 Å². The smallest absolute Gasteiger partial charge is 0.410 e. The average molecular weight is 746 g/mol. The zero-order chi connectivity index (χ0) is 37.6. The van der Waals surface area contributed by atoms with Crippen molar-refractivity contribution in [3.05, 3.63) is 59.4 Å². The first-order valence-electron chi connectivity index (χ1n) is 16.9. The minimum atomic E-state index is -4.00. The standard InChI is InChI=1S/C34H40FN5O11S/c1-33(2,3)51-31(45)36-25-18-49-27(41)10-5-4-8-20-14-34(20,30(44)38-52(47,48)22-11-12-22)37-28(42)26-13-21(16-40(26)29(25)43)50-32(46)39-15-19-7-6-9-24(35)23(19)17-39/h4-10,20-22,25-26H,11-18H2,1-3H3,(H,36,45)(H,37,42)(H,38,44)/b8-4-,10-5+/t20?,21-,25+,26+,34-/m1/s1. The number of carbonyl (C=O) groups is 6. The Hall–Kier alpha value is -5.00. The Morgan fingerprint density at radius 1 is 1.10 bits per heavy atom. The molecule has 5 amide bonds. The Morgan fingerprint density at radius 3 is 2.54 bits per heavy atom. The number of cyclic esters (lactones) is 1. The number of ether oxygens (including phenoxy) is 3. The van der Waals surface area contributed by atoms with Gasteiger partial charge in [0.2, 0.25) is 21.8 Å².